The molecule has 0 saturated carbocycles. The molecule has 160 valence electrons. The Balaban J connectivity index is 1.94. The monoisotopic (exact) mass is 393 g/mol. The second-order valence-electron chi connectivity index (χ2n) is 8.38. The zero-order valence-corrected chi connectivity index (χ0v) is 18.6. The van der Waals surface area contributed by atoms with Gasteiger partial charge in [-0.1, -0.05) is 19.9 Å². The lowest BCUT2D eigenvalue weighted by atomic mass is 9.99. The third-order valence-corrected chi connectivity index (χ3v) is 5.82. The van der Waals surface area contributed by atoms with Crippen LogP contribution in [0.1, 0.15) is 33.3 Å². The summed E-state index contributed by atoms with van der Waals surface area (Å²) in [6.45, 7) is 15.6. The Morgan fingerprint density at radius 2 is 1.89 bits per heavy atom. The van der Waals surface area contributed by atoms with E-state index in [1.165, 1.54) is 5.56 Å². The number of rotatable bonds is 10. The fourth-order valence-corrected chi connectivity index (χ4v) is 3.68. The van der Waals surface area contributed by atoms with Crippen LogP contribution in [-0.4, -0.2) is 91.5 Å². The van der Waals surface area contributed by atoms with Gasteiger partial charge in [0.1, 0.15) is 12.7 Å². The molecule has 1 aliphatic heterocycles. The van der Waals surface area contributed by atoms with E-state index in [0.717, 1.165) is 45.0 Å². The molecule has 1 N–H and O–H groups in total. The number of hydrogen-bond acceptors (Lipinski definition) is 6. The summed E-state index contributed by atoms with van der Waals surface area (Å²) < 4.78 is 11.4. The molecule has 1 aliphatic rings. The fraction of sp³-hybridized carbons (Fsp3) is 0.727. The van der Waals surface area contributed by atoms with Crippen LogP contribution in [0.15, 0.2) is 18.2 Å². The molecule has 0 spiro atoms. The van der Waals surface area contributed by atoms with Crippen LogP contribution in [0, 0.1) is 0 Å². The molecule has 0 aliphatic carbocycles. The van der Waals surface area contributed by atoms with Gasteiger partial charge in [-0.15, -0.1) is 0 Å². The van der Waals surface area contributed by atoms with Crippen LogP contribution in [0.5, 0.6) is 11.5 Å². The van der Waals surface area contributed by atoms with E-state index in [0.29, 0.717) is 12.3 Å². The topological polar surface area (TPSA) is 48.4 Å². The van der Waals surface area contributed by atoms with Crippen molar-refractivity contribution >= 4 is 0 Å². The van der Waals surface area contributed by atoms with E-state index >= 15 is 0 Å². The van der Waals surface area contributed by atoms with Crippen LogP contribution in [0.4, 0.5) is 0 Å². The summed E-state index contributed by atoms with van der Waals surface area (Å²) in [6, 6.07) is 6.11. The smallest absolute Gasteiger partial charge is 0.161 e. The van der Waals surface area contributed by atoms with Crippen LogP contribution in [0.2, 0.25) is 0 Å². The molecule has 1 saturated heterocycles. The van der Waals surface area contributed by atoms with Crippen molar-refractivity contribution in [1.82, 2.24) is 14.7 Å². The van der Waals surface area contributed by atoms with Crippen LogP contribution in [-0.2, 0) is 6.54 Å². The van der Waals surface area contributed by atoms with Crippen molar-refractivity contribution in [2.75, 3.05) is 60.0 Å². The first kappa shape index (κ1) is 22.9. The molecule has 28 heavy (non-hydrogen) atoms. The van der Waals surface area contributed by atoms with Crippen molar-refractivity contribution < 1.29 is 14.6 Å². The molecule has 0 aromatic heterocycles. The highest BCUT2D eigenvalue weighted by Gasteiger charge is 2.30. The molecule has 1 aromatic rings. The molecular formula is C22H39N3O3. The average molecular weight is 394 g/mol. The summed E-state index contributed by atoms with van der Waals surface area (Å²) in [5, 5.41) is 10.2. The van der Waals surface area contributed by atoms with Crippen LogP contribution in [0.25, 0.3) is 0 Å². The first-order chi connectivity index (χ1) is 13.3. The number of methoxy groups -OCH3 is 1. The lowest BCUT2D eigenvalue weighted by molar-refractivity contribution is 0.0359. The average Bonchev–Trinajstić information content (AvgIpc) is 2.67. The minimum Gasteiger partial charge on any atom is -0.493 e. The van der Waals surface area contributed by atoms with Crippen LogP contribution >= 0.6 is 0 Å². The summed E-state index contributed by atoms with van der Waals surface area (Å²) in [5.41, 5.74) is 1.40. The van der Waals surface area contributed by atoms with Gasteiger partial charge in [-0.2, -0.15) is 0 Å². The molecular weight excluding hydrogens is 354 g/mol. The largest absolute Gasteiger partial charge is 0.493 e. The van der Waals surface area contributed by atoms with E-state index in [1.807, 2.05) is 6.07 Å². The van der Waals surface area contributed by atoms with Crippen LogP contribution < -0.4 is 9.47 Å². The second-order valence-corrected chi connectivity index (χ2v) is 8.38. The quantitative estimate of drug-likeness (QED) is 0.658. The minimum absolute atomic E-state index is 0.187. The molecule has 6 heteroatoms. The van der Waals surface area contributed by atoms with Gasteiger partial charge in [0.25, 0.3) is 0 Å². The maximum absolute atomic E-state index is 10.2. The highest BCUT2D eigenvalue weighted by molar-refractivity contribution is 5.43. The summed E-state index contributed by atoms with van der Waals surface area (Å²) in [7, 11) is 3.86. The Bertz CT molecular complexity index is 605. The van der Waals surface area contributed by atoms with Crippen molar-refractivity contribution in [2.45, 2.75) is 45.9 Å². The van der Waals surface area contributed by atoms with Gasteiger partial charge in [-0.25, -0.2) is 0 Å². The number of piperazine rings is 1. The third kappa shape index (κ3) is 6.34. The summed E-state index contributed by atoms with van der Waals surface area (Å²) in [6.07, 6.45) is -0.517. The molecule has 0 radical (unpaired) electrons. The van der Waals surface area contributed by atoms with Crippen molar-refractivity contribution in [2.24, 2.45) is 0 Å². The number of nitrogens with zero attached hydrogens (tertiary/aromatic N) is 3. The zero-order chi connectivity index (χ0) is 20.7. The van der Waals surface area contributed by atoms with Crippen LogP contribution in [0.3, 0.4) is 0 Å². The normalized spacial score (nSPS) is 19.0. The Kier molecular flexibility index (Phi) is 8.56. The molecule has 1 unspecified atom stereocenters. The summed E-state index contributed by atoms with van der Waals surface area (Å²) >= 11 is 0. The first-order valence-electron chi connectivity index (χ1n) is 10.4. The van der Waals surface area contributed by atoms with Gasteiger partial charge < -0.3 is 19.5 Å². The summed E-state index contributed by atoms with van der Waals surface area (Å²) in [5.74, 6) is 1.41. The van der Waals surface area contributed by atoms with Gasteiger partial charge in [0.15, 0.2) is 11.5 Å². The van der Waals surface area contributed by atoms with Crippen molar-refractivity contribution in [3.63, 3.8) is 0 Å². The van der Waals surface area contributed by atoms with E-state index in [4.69, 9.17) is 9.47 Å². The Morgan fingerprint density at radius 3 is 2.50 bits per heavy atom. The maximum atomic E-state index is 10.2. The van der Waals surface area contributed by atoms with Gasteiger partial charge in [0.2, 0.25) is 0 Å². The predicted octanol–water partition coefficient (Wildman–Crippen LogP) is 2.30. The van der Waals surface area contributed by atoms with E-state index < -0.39 is 6.10 Å². The zero-order valence-electron chi connectivity index (χ0n) is 18.6. The molecule has 1 atom stereocenters. The lowest BCUT2D eigenvalue weighted by Crippen LogP contribution is -2.57. The molecule has 6 nitrogen and oxygen atoms in total. The standard InChI is InChI=1S/C22H39N3O3/c1-7-24(8-2)15-19(26)16-28-20-10-9-18(13-21(20)27-6)14-25-12-11-23(5)22(3,4)17-25/h9-10,13,19,26H,7-8,11-12,14-17H2,1-6H3. The predicted molar refractivity (Wildman–Crippen MR) is 114 cm³/mol. The number of likely N-dealkylation sites (N-methyl/N-ethyl adjacent to an activating group) is 2. The highest BCUT2D eigenvalue weighted by Crippen LogP contribution is 2.29. The Morgan fingerprint density at radius 1 is 1.18 bits per heavy atom. The Hall–Kier alpha value is -1.34. The third-order valence-electron chi connectivity index (χ3n) is 5.82. The Labute approximate surface area is 171 Å². The van der Waals surface area contributed by atoms with Gasteiger partial charge in [0, 0.05) is 38.3 Å². The van der Waals surface area contributed by atoms with E-state index in [1.54, 1.807) is 7.11 Å². The molecule has 1 fully saturated rings. The molecule has 0 amide bonds. The van der Waals surface area contributed by atoms with Gasteiger partial charge >= 0.3 is 0 Å². The number of benzene rings is 1. The maximum Gasteiger partial charge on any atom is 0.161 e. The second kappa shape index (κ2) is 10.4. The van der Waals surface area contributed by atoms with Gasteiger partial charge in [-0.05, 0) is 51.7 Å². The molecule has 0 bridgehead atoms. The van der Waals surface area contributed by atoms with Gasteiger partial charge in [-0.3, -0.25) is 9.80 Å². The molecule has 1 heterocycles. The number of aliphatic hydroxyl groups is 1. The number of aliphatic hydroxyl groups excluding tert-OH is 1. The van der Waals surface area contributed by atoms with Crippen molar-refractivity contribution in [3.05, 3.63) is 23.8 Å². The van der Waals surface area contributed by atoms with E-state index in [9.17, 15) is 5.11 Å². The van der Waals surface area contributed by atoms with Gasteiger partial charge in [0.05, 0.1) is 7.11 Å². The lowest BCUT2D eigenvalue weighted by Gasteiger charge is -2.45. The highest BCUT2D eigenvalue weighted by atomic mass is 16.5. The molecule has 1 aromatic carbocycles. The number of hydrogen-bond donors (Lipinski definition) is 1. The first-order valence-corrected chi connectivity index (χ1v) is 10.4. The fourth-order valence-electron chi connectivity index (χ4n) is 3.68. The van der Waals surface area contributed by atoms with Crippen molar-refractivity contribution in [1.29, 1.82) is 0 Å². The van der Waals surface area contributed by atoms with E-state index in [-0.39, 0.29) is 12.1 Å². The van der Waals surface area contributed by atoms with E-state index in [2.05, 4.69) is 61.6 Å². The summed E-state index contributed by atoms with van der Waals surface area (Å²) in [4.78, 5) is 7.10. The van der Waals surface area contributed by atoms with Crippen molar-refractivity contribution in [3.8, 4) is 11.5 Å². The minimum atomic E-state index is -0.517. The SMILES string of the molecule is CCN(CC)CC(O)COc1ccc(CN2CCN(C)C(C)(C)C2)cc1OC. The number of ether oxygens (including phenoxy) is 2. The molecule has 2 rings (SSSR count).